The smallest absolute Gasteiger partial charge is 0.404 e. The minimum atomic E-state index is -1.09. The van der Waals surface area contributed by atoms with Crippen molar-refractivity contribution in [2.75, 3.05) is 26.2 Å². The van der Waals surface area contributed by atoms with Crippen molar-refractivity contribution in [2.45, 2.75) is 51.6 Å². The number of hydrogen-bond donors (Lipinski definition) is 4. The molecular weight excluding hydrogens is 300 g/mol. The summed E-state index contributed by atoms with van der Waals surface area (Å²) < 4.78 is 0. The van der Waals surface area contributed by atoms with Crippen LogP contribution in [0, 0.1) is 0 Å². The number of carbonyl (C=O) groups excluding carboxylic acids is 2. The lowest BCUT2D eigenvalue weighted by molar-refractivity contribution is -0.136. The number of nitrogens with zero attached hydrogens (tertiary/aromatic N) is 1. The van der Waals surface area contributed by atoms with E-state index in [9.17, 15) is 14.4 Å². The van der Waals surface area contributed by atoms with Crippen molar-refractivity contribution in [2.24, 2.45) is 0 Å². The van der Waals surface area contributed by atoms with Crippen LogP contribution in [-0.2, 0) is 9.59 Å². The number of carbonyl (C=O) groups is 3. The van der Waals surface area contributed by atoms with Gasteiger partial charge < -0.3 is 26.0 Å². The van der Waals surface area contributed by atoms with E-state index in [1.54, 1.807) is 4.90 Å². The zero-order valence-corrected chi connectivity index (χ0v) is 13.9. The molecule has 0 aromatic rings. The molecular formula is C15H28N4O4. The molecule has 3 amide bonds. The molecule has 1 heterocycles. The first-order valence-corrected chi connectivity index (χ1v) is 8.28. The normalized spacial score (nSPS) is 18.3. The molecule has 0 spiro atoms. The van der Waals surface area contributed by atoms with Crippen molar-refractivity contribution in [3.05, 3.63) is 0 Å². The van der Waals surface area contributed by atoms with E-state index in [4.69, 9.17) is 5.11 Å². The molecule has 2 atom stereocenters. The van der Waals surface area contributed by atoms with Gasteiger partial charge in [0.25, 0.3) is 0 Å². The molecule has 0 unspecified atom stereocenters. The molecule has 8 heteroatoms. The molecule has 4 N–H and O–H groups in total. The number of hydrogen-bond acceptors (Lipinski definition) is 4. The molecule has 1 rings (SSSR count). The SMILES string of the molecule is CCN(CC)C(=O)[C@H](CCCNC(=O)O)NC(=O)[C@@H]1CCCN1. The van der Waals surface area contributed by atoms with Crippen molar-refractivity contribution < 1.29 is 19.5 Å². The van der Waals surface area contributed by atoms with E-state index < -0.39 is 12.1 Å². The van der Waals surface area contributed by atoms with Crippen LogP contribution < -0.4 is 16.0 Å². The Hall–Kier alpha value is -1.83. The van der Waals surface area contributed by atoms with E-state index in [0.717, 1.165) is 19.4 Å². The van der Waals surface area contributed by atoms with Crippen LogP contribution in [0.5, 0.6) is 0 Å². The lowest BCUT2D eigenvalue weighted by atomic mass is 10.1. The zero-order valence-electron chi connectivity index (χ0n) is 13.9. The molecule has 0 aliphatic carbocycles. The predicted octanol–water partition coefficient (Wildman–Crippen LogP) is 0.139. The first kappa shape index (κ1) is 19.2. The fourth-order valence-electron chi connectivity index (χ4n) is 2.70. The van der Waals surface area contributed by atoms with Gasteiger partial charge in [-0.2, -0.15) is 0 Å². The number of rotatable bonds is 9. The summed E-state index contributed by atoms with van der Waals surface area (Å²) in [5.41, 5.74) is 0. The summed E-state index contributed by atoms with van der Waals surface area (Å²) in [6.07, 6.45) is 1.54. The summed E-state index contributed by atoms with van der Waals surface area (Å²) in [5.74, 6) is -0.268. The minimum Gasteiger partial charge on any atom is -0.465 e. The van der Waals surface area contributed by atoms with Crippen LogP contribution in [0.25, 0.3) is 0 Å². The highest BCUT2D eigenvalue weighted by molar-refractivity contribution is 5.89. The molecule has 8 nitrogen and oxygen atoms in total. The minimum absolute atomic E-state index is 0.114. The largest absolute Gasteiger partial charge is 0.465 e. The Bertz CT molecular complexity index is 406. The topological polar surface area (TPSA) is 111 Å². The molecule has 132 valence electrons. The lowest BCUT2D eigenvalue weighted by Gasteiger charge is -2.27. The maximum atomic E-state index is 12.5. The summed E-state index contributed by atoms with van der Waals surface area (Å²) in [5, 5.41) is 16.8. The second-order valence-corrected chi connectivity index (χ2v) is 5.59. The van der Waals surface area contributed by atoms with Gasteiger partial charge in [-0.25, -0.2) is 4.79 Å². The fraction of sp³-hybridized carbons (Fsp3) is 0.800. The molecule has 0 saturated carbocycles. The third kappa shape index (κ3) is 6.43. The Labute approximate surface area is 137 Å². The number of nitrogens with one attached hydrogen (secondary N) is 3. The van der Waals surface area contributed by atoms with Crippen LogP contribution in [0.2, 0.25) is 0 Å². The van der Waals surface area contributed by atoms with Crippen LogP contribution in [0.4, 0.5) is 4.79 Å². The van der Waals surface area contributed by atoms with Crippen LogP contribution in [0.3, 0.4) is 0 Å². The van der Waals surface area contributed by atoms with Crippen LogP contribution in [0.1, 0.15) is 39.5 Å². The maximum Gasteiger partial charge on any atom is 0.404 e. The molecule has 1 saturated heterocycles. The molecule has 0 bridgehead atoms. The van der Waals surface area contributed by atoms with Gasteiger partial charge in [0.15, 0.2) is 0 Å². The third-order valence-electron chi connectivity index (χ3n) is 4.01. The Morgan fingerprint density at radius 2 is 2.00 bits per heavy atom. The first-order valence-electron chi connectivity index (χ1n) is 8.28. The van der Waals surface area contributed by atoms with E-state index in [1.165, 1.54) is 0 Å². The summed E-state index contributed by atoms with van der Waals surface area (Å²) in [4.78, 5) is 36.9. The average molecular weight is 328 g/mol. The number of likely N-dealkylation sites (N-methyl/N-ethyl adjacent to an activating group) is 1. The van der Waals surface area contributed by atoms with Gasteiger partial charge >= 0.3 is 6.09 Å². The Balaban J connectivity index is 2.60. The quantitative estimate of drug-likeness (QED) is 0.450. The van der Waals surface area contributed by atoms with E-state index >= 15 is 0 Å². The average Bonchev–Trinajstić information content (AvgIpc) is 3.05. The van der Waals surface area contributed by atoms with Crippen molar-refractivity contribution in [3.63, 3.8) is 0 Å². The maximum absolute atomic E-state index is 12.5. The van der Waals surface area contributed by atoms with E-state index in [-0.39, 0.29) is 24.4 Å². The summed E-state index contributed by atoms with van der Waals surface area (Å²) >= 11 is 0. The predicted molar refractivity (Wildman–Crippen MR) is 86.1 cm³/mol. The highest BCUT2D eigenvalue weighted by Crippen LogP contribution is 2.08. The third-order valence-corrected chi connectivity index (χ3v) is 4.01. The molecule has 1 aliphatic heterocycles. The van der Waals surface area contributed by atoms with Crippen LogP contribution in [0.15, 0.2) is 0 Å². The first-order chi connectivity index (χ1) is 11.0. The monoisotopic (exact) mass is 328 g/mol. The van der Waals surface area contributed by atoms with Gasteiger partial charge in [-0.15, -0.1) is 0 Å². The number of amides is 3. The van der Waals surface area contributed by atoms with Crippen molar-refractivity contribution in [1.29, 1.82) is 0 Å². The highest BCUT2D eigenvalue weighted by Gasteiger charge is 2.28. The van der Waals surface area contributed by atoms with Gasteiger partial charge in [0.2, 0.25) is 11.8 Å². The number of carboxylic acid groups (broad SMARTS) is 1. The second-order valence-electron chi connectivity index (χ2n) is 5.59. The molecule has 23 heavy (non-hydrogen) atoms. The molecule has 0 radical (unpaired) electrons. The van der Waals surface area contributed by atoms with E-state index in [0.29, 0.717) is 25.9 Å². The molecule has 1 fully saturated rings. The van der Waals surface area contributed by atoms with Gasteiger partial charge in [-0.3, -0.25) is 9.59 Å². The van der Waals surface area contributed by atoms with Crippen LogP contribution in [-0.4, -0.2) is 66.2 Å². The van der Waals surface area contributed by atoms with E-state index in [2.05, 4.69) is 16.0 Å². The van der Waals surface area contributed by atoms with Gasteiger partial charge in [0.05, 0.1) is 6.04 Å². The van der Waals surface area contributed by atoms with Crippen molar-refractivity contribution in [1.82, 2.24) is 20.9 Å². The standard InChI is InChI=1S/C15H28N4O4/c1-3-19(4-2)14(21)12(8-6-10-17-15(22)23)18-13(20)11-7-5-9-16-11/h11-12,16-17H,3-10H2,1-2H3,(H,18,20)(H,22,23)/t11-,12-/m0/s1. The zero-order chi connectivity index (χ0) is 17.2. The van der Waals surface area contributed by atoms with Gasteiger partial charge in [-0.1, -0.05) is 0 Å². The summed E-state index contributed by atoms with van der Waals surface area (Å²) in [6, 6.07) is -0.848. The summed E-state index contributed by atoms with van der Waals surface area (Å²) in [7, 11) is 0. The fourth-order valence-corrected chi connectivity index (χ4v) is 2.70. The Morgan fingerprint density at radius 3 is 2.52 bits per heavy atom. The highest BCUT2D eigenvalue weighted by atomic mass is 16.4. The molecule has 0 aromatic heterocycles. The van der Waals surface area contributed by atoms with Gasteiger partial charge in [0.1, 0.15) is 6.04 Å². The Kier molecular flexibility index (Phi) is 8.39. The Morgan fingerprint density at radius 1 is 1.30 bits per heavy atom. The van der Waals surface area contributed by atoms with Crippen LogP contribution >= 0.6 is 0 Å². The molecule has 1 aliphatic rings. The second kappa shape index (κ2) is 10.0. The van der Waals surface area contributed by atoms with Crippen molar-refractivity contribution >= 4 is 17.9 Å². The van der Waals surface area contributed by atoms with Gasteiger partial charge in [0, 0.05) is 19.6 Å². The summed E-state index contributed by atoms with van der Waals surface area (Å²) in [6.45, 7) is 6.02. The lowest BCUT2D eigenvalue weighted by Crippen LogP contribution is -2.52. The molecule has 0 aromatic carbocycles. The van der Waals surface area contributed by atoms with E-state index in [1.807, 2.05) is 13.8 Å². The van der Waals surface area contributed by atoms with Crippen molar-refractivity contribution in [3.8, 4) is 0 Å². The van der Waals surface area contributed by atoms with Gasteiger partial charge in [-0.05, 0) is 46.1 Å².